The number of benzene rings is 1. The molecule has 4 nitrogen and oxygen atoms in total. The van der Waals surface area contributed by atoms with Crippen LogP contribution in [0, 0.1) is 0 Å². The van der Waals surface area contributed by atoms with Crippen molar-refractivity contribution in [1.82, 2.24) is 10.4 Å². The minimum Gasteiger partial charge on any atom is -0.266 e. The number of carbonyl (C=O) groups excluding carboxylic acids is 1. The number of pyridine rings is 1. The van der Waals surface area contributed by atoms with Crippen LogP contribution < -0.4 is 5.43 Å². The molecule has 0 aliphatic heterocycles. The number of hydrogen-bond donors (Lipinski definition) is 1. The third-order valence-corrected chi connectivity index (χ3v) is 2.75. The topological polar surface area (TPSA) is 54.4 Å². The quantitative estimate of drug-likeness (QED) is 0.693. The van der Waals surface area contributed by atoms with Crippen LogP contribution in [0.25, 0.3) is 6.08 Å². The van der Waals surface area contributed by atoms with Gasteiger partial charge in [0.15, 0.2) is 0 Å². The van der Waals surface area contributed by atoms with E-state index in [1.807, 2.05) is 18.2 Å². The van der Waals surface area contributed by atoms with Crippen LogP contribution in [0.1, 0.15) is 16.1 Å². The number of nitrogens with zero attached hydrogens (tertiary/aromatic N) is 2. The predicted octanol–water partition coefficient (Wildman–Crippen LogP) is 3.16. The average molecular weight is 286 g/mol. The molecule has 0 radical (unpaired) electrons. The van der Waals surface area contributed by atoms with Crippen LogP contribution in [0.3, 0.4) is 0 Å². The van der Waals surface area contributed by atoms with Gasteiger partial charge < -0.3 is 0 Å². The van der Waals surface area contributed by atoms with Crippen molar-refractivity contribution in [2.24, 2.45) is 5.10 Å². The number of hydrogen-bond acceptors (Lipinski definition) is 3. The average Bonchev–Trinajstić information content (AvgIpc) is 2.49. The van der Waals surface area contributed by atoms with Crippen LogP contribution in [0.4, 0.5) is 0 Å². The zero-order valence-corrected chi connectivity index (χ0v) is 11.3. The lowest BCUT2D eigenvalue weighted by atomic mass is 10.2. The first-order valence-corrected chi connectivity index (χ1v) is 6.31. The zero-order valence-electron chi connectivity index (χ0n) is 10.5. The van der Waals surface area contributed by atoms with Gasteiger partial charge in [-0.25, -0.2) is 5.43 Å². The second-order valence-electron chi connectivity index (χ2n) is 3.81. The SMILES string of the molecule is O=C(NN=CC=Cc1ccccc1Cl)c1ccccn1. The van der Waals surface area contributed by atoms with Gasteiger partial charge in [0.1, 0.15) is 5.69 Å². The maximum absolute atomic E-state index is 11.6. The number of rotatable bonds is 4. The maximum atomic E-state index is 11.6. The Kier molecular flexibility index (Phi) is 5.03. The summed E-state index contributed by atoms with van der Waals surface area (Å²) in [6.07, 6.45) is 6.53. The zero-order chi connectivity index (χ0) is 14.2. The summed E-state index contributed by atoms with van der Waals surface area (Å²) in [5.41, 5.74) is 3.59. The molecule has 5 heteroatoms. The molecule has 0 unspecified atom stereocenters. The van der Waals surface area contributed by atoms with E-state index in [9.17, 15) is 4.79 Å². The highest BCUT2D eigenvalue weighted by molar-refractivity contribution is 6.32. The van der Waals surface area contributed by atoms with E-state index in [0.29, 0.717) is 10.7 Å². The smallest absolute Gasteiger partial charge is 0.266 e. The van der Waals surface area contributed by atoms with Gasteiger partial charge in [0.25, 0.3) is 5.91 Å². The van der Waals surface area contributed by atoms with Crippen molar-refractivity contribution in [3.63, 3.8) is 0 Å². The Balaban J connectivity index is 1.89. The van der Waals surface area contributed by atoms with E-state index in [1.165, 1.54) is 6.21 Å². The molecule has 2 aromatic rings. The summed E-state index contributed by atoms with van der Waals surface area (Å²) in [6, 6.07) is 12.5. The molecule has 1 amide bonds. The molecule has 0 spiro atoms. The van der Waals surface area contributed by atoms with Crippen LogP contribution in [-0.4, -0.2) is 17.1 Å². The second kappa shape index (κ2) is 7.21. The van der Waals surface area contributed by atoms with Crippen molar-refractivity contribution in [1.29, 1.82) is 0 Å². The Hall–Kier alpha value is -2.46. The normalized spacial score (nSPS) is 11.1. The molecule has 2 rings (SSSR count). The number of amides is 1. The number of nitrogens with one attached hydrogen (secondary N) is 1. The van der Waals surface area contributed by atoms with Gasteiger partial charge in [-0.1, -0.05) is 41.9 Å². The minimum atomic E-state index is -0.354. The van der Waals surface area contributed by atoms with Crippen molar-refractivity contribution >= 4 is 29.8 Å². The van der Waals surface area contributed by atoms with Crippen molar-refractivity contribution in [3.8, 4) is 0 Å². The predicted molar refractivity (Wildman–Crippen MR) is 80.7 cm³/mol. The summed E-state index contributed by atoms with van der Waals surface area (Å²) < 4.78 is 0. The summed E-state index contributed by atoms with van der Waals surface area (Å²) >= 11 is 5.99. The van der Waals surface area contributed by atoms with Gasteiger partial charge in [-0.05, 0) is 29.8 Å². The lowest BCUT2D eigenvalue weighted by Crippen LogP contribution is -2.18. The molecule has 0 saturated carbocycles. The number of aromatic nitrogens is 1. The molecule has 1 N–H and O–H groups in total. The molecule has 1 aromatic carbocycles. The number of hydrazone groups is 1. The molecule has 0 saturated heterocycles. The number of halogens is 1. The third kappa shape index (κ3) is 4.03. The Bertz CT molecular complexity index is 639. The molecule has 1 heterocycles. The van der Waals surface area contributed by atoms with E-state index in [2.05, 4.69) is 15.5 Å². The van der Waals surface area contributed by atoms with Crippen LogP contribution in [0.15, 0.2) is 59.8 Å². The first kappa shape index (κ1) is 14.0. The van der Waals surface area contributed by atoms with Crippen LogP contribution >= 0.6 is 11.6 Å². The second-order valence-corrected chi connectivity index (χ2v) is 4.22. The molecule has 0 atom stereocenters. The van der Waals surface area contributed by atoms with Gasteiger partial charge >= 0.3 is 0 Å². The molecule has 20 heavy (non-hydrogen) atoms. The first-order chi connectivity index (χ1) is 9.77. The highest BCUT2D eigenvalue weighted by Crippen LogP contribution is 2.15. The Morgan fingerprint density at radius 1 is 1.20 bits per heavy atom. The standard InChI is InChI=1S/C15H12ClN3O/c16-13-8-2-1-6-12(13)7-5-11-18-19-15(20)14-9-3-4-10-17-14/h1-11H,(H,19,20). The Morgan fingerprint density at radius 3 is 2.75 bits per heavy atom. The van der Waals surface area contributed by atoms with Gasteiger partial charge in [0.05, 0.1) is 0 Å². The molecular formula is C15H12ClN3O. The fourth-order valence-corrected chi connectivity index (χ4v) is 1.65. The summed E-state index contributed by atoms with van der Waals surface area (Å²) in [4.78, 5) is 15.5. The largest absolute Gasteiger partial charge is 0.289 e. The maximum Gasteiger partial charge on any atom is 0.289 e. The molecule has 0 aliphatic rings. The van der Waals surface area contributed by atoms with Gasteiger partial charge in [0, 0.05) is 17.4 Å². The highest BCUT2D eigenvalue weighted by Gasteiger charge is 2.02. The lowest BCUT2D eigenvalue weighted by Gasteiger charge is -1.97. The molecule has 100 valence electrons. The molecule has 0 bridgehead atoms. The molecular weight excluding hydrogens is 274 g/mol. The van der Waals surface area contributed by atoms with E-state index in [-0.39, 0.29) is 5.91 Å². The van der Waals surface area contributed by atoms with Gasteiger partial charge in [-0.3, -0.25) is 9.78 Å². The van der Waals surface area contributed by atoms with Gasteiger partial charge in [-0.2, -0.15) is 5.10 Å². The van der Waals surface area contributed by atoms with Crippen LogP contribution in [0.5, 0.6) is 0 Å². The minimum absolute atomic E-state index is 0.319. The summed E-state index contributed by atoms with van der Waals surface area (Å²) in [6.45, 7) is 0. The lowest BCUT2D eigenvalue weighted by molar-refractivity contribution is 0.0950. The highest BCUT2D eigenvalue weighted by atomic mass is 35.5. The fourth-order valence-electron chi connectivity index (χ4n) is 1.45. The van der Waals surface area contributed by atoms with E-state index in [4.69, 9.17) is 11.6 Å². The number of carbonyl (C=O) groups is 1. The summed E-state index contributed by atoms with van der Waals surface area (Å²) in [5, 5.41) is 4.46. The molecule has 0 aliphatic carbocycles. The van der Waals surface area contributed by atoms with Crippen molar-refractivity contribution in [2.75, 3.05) is 0 Å². The summed E-state index contributed by atoms with van der Waals surface area (Å²) in [5.74, 6) is -0.354. The van der Waals surface area contributed by atoms with Gasteiger partial charge in [0.2, 0.25) is 0 Å². The van der Waals surface area contributed by atoms with E-state index in [0.717, 1.165) is 5.56 Å². The third-order valence-electron chi connectivity index (χ3n) is 2.41. The summed E-state index contributed by atoms with van der Waals surface area (Å²) in [7, 11) is 0. The van der Waals surface area contributed by atoms with Crippen LogP contribution in [-0.2, 0) is 0 Å². The Morgan fingerprint density at radius 2 is 2.00 bits per heavy atom. The fraction of sp³-hybridized carbons (Fsp3) is 0. The monoisotopic (exact) mass is 285 g/mol. The number of allylic oxidation sites excluding steroid dienone is 1. The van der Waals surface area contributed by atoms with Crippen molar-refractivity contribution in [3.05, 3.63) is 71.0 Å². The van der Waals surface area contributed by atoms with E-state index < -0.39 is 0 Å². The first-order valence-electron chi connectivity index (χ1n) is 5.93. The van der Waals surface area contributed by atoms with Crippen molar-refractivity contribution in [2.45, 2.75) is 0 Å². The van der Waals surface area contributed by atoms with Crippen molar-refractivity contribution < 1.29 is 4.79 Å². The molecule has 0 fully saturated rings. The Labute approximate surface area is 121 Å². The van der Waals surface area contributed by atoms with Crippen LogP contribution in [0.2, 0.25) is 5.02 Å². The van der Waals surface area contributed by atoms with E-state index in [1.54, 1.807) is 42.6 Å². The van der Waals surface area contributed by atoms with Gasteiger partial charge in [-0.15, -0.1) is 0 Å². The molecule has 1 aromatic heterocycles. The van der Waals surface area contributed by atoms with E-state index >= 15 is 0 Å².